The van der Waals surface area contributed by atoms with Crippen LogP contribution in [0.4, 0.5) is 5.69 Å². The number of ketones is 1. The smallest absolute Gasteiger partial charge is 0.193 e. The summed E-state index contributed by atoms with van der Waals surface area (Å²) in [6.07, 6.45) is 10.8. The zero-order valence-electron chi connectivity index (χ0n) is 23.6. The molecule has 0 spiro atoms. The van der Waals surface area contributed by atoms with Crippen LogP contribution >= 0.6 is 0 Å². The van der Waals surface area contributed by atoms with Crippen molar-refractivity contribution < 1.29 is 24.5 Å². The maximum atomic E-state index is 12.6. The Balaban J connectivity index is 1.68. The van der Waals surface area contributed by atoms with Gasteiger partial charge in [0, 0.05) is 6.42 Å². The van der Waals surface area contributed by atoms with Gasteiger partial charge in [-0.1, -0.05) is 45.3 Å². The Kier molecular flexibility index (Phi) is 11.1. The highest BCUT2D eigenvalue weighted by Crippen LogP contribution is 2.37. The third-order valence-electron chi connectivity index (χ3n) is 7.27. The van der Waals surface area contributed by atoms with Gasteiger partial charge in [-0.3, -0.25) is 4.79 Å². The monoisotopic (exact) mass is 537 g/mol. The second-order valence-electron chi connectivity index (χ2n) is 10.6. The van der Waals surface area contributed by atoms with Crippen LogP contribution in [0.1, 0.15) is 63.5 Å². The van der Waals surface area contributed by atoms with Crippen molar-refractivity contribution in [2.45, 2.75) is 71.3 Å². The lowest BCUT2D eigenvalue weighted by molar-refractivity contribution is -0.114. The summed E-state index contributed by atoms with van der Waals surface area (Å²) in [5.74, 6) is 1.51. The van der Waals surface area contributed by atoms with Crippen molar-refractivity contribution in [3.8, 4) is 23.0 Å². The Morgan fingerprint density at radius 2 is 1.77 bits per heavy atom. The molecule has 1 fully saturated rings. The summed E-state index contributed by atoms with van der Waals surface area (Å²) in [6, 6.07) is 9.01. The van der Waals surface area contributed by atoms with Gasteiger partial charge in [-0.05, 0) is 79.0 Å². The molecule has 0 unspecified atom stereocenters. The minimum atomic E-state index is -0.0132. The summed E-state index contributed by atoms with van der Waals surface area (Å²) in [7, 11) is 3.02. The fourth-order valence-electron chi connectivity index (χ4n) is 4.87. The number of aliphatic imine (C=N–C) groups is 1. The van der Waals surface area contributed by atoms with Crippen molar-refractivity contribution in [2.75, 3.05) is 19.5 Å². The van der Waals surface area contributed by atoms with Gasteiger partial charge in [0.1, 0.15) is 0 Å². The molecule has 0 aromatic heterocycles. The van der Waals surface area contributed by atoms with Crippen LogP contribution in [-0.4, -0.2) is 42.2 Å². The molecule has 1 aliphatic carbocycles. The zero-order chi connectivity index (χ0) is 28.4. The maximum absolute atomic E-state index is 12.6. The maximum Gasteiger partial charge on any atom is 0.193 e. The number of carbonyl (C=O) groups excluding carboxylic acids is 1. The summed E-state index contributed by atoms with van der Waals surface area (Å²) < 4.78 is 10.6. The van der Waals surface area contributed by atoms with Gasteiger partial charge in [-0.15, -0.1) is 0 Å². The molecular weight excluding hydrogens is 494 g/mol. The van der Waals surface area contributed by atoms with E-state index in [9.17, 15) is 15.0 Å². The van der Waals surface area contributed by atoms with Crippen molar-refractivity contribution >= 4 is 17.4 Å². The lowest BCUT2D eigenvalue weighted by Crippen LogP contribution is -2.26. The first kappa shape index (κ1) is 29.9. The molecule has 0 heterocycles. The van der Waals surface area contributed by atoms with Crippen molar-refractivity contribution in [2.24, 2.45) is 22.6 Å². The van der Waals surface area contributed by atoms with E-state index in [1.165, 1.54) is 20.6 Å². The molecule has 5 N–H and O–H groups in total. The van der Waals surface area contributed by atoms with Gasteiger partial charge in [0.15, 0.2) is 34.7 Å². The summed E-state index contributed by atoms with van der Waals surface area (Å²) in [5.41, 5.74) is 8.52. The number of nitrogens with zero attached hydrogens (tertiary/aromatic N) is 1. The van der Waals surface area contributed by atoms with E-state index in [2.05, 4.69) is 24.2 Å². The van der Waals surface area contributed by atoms with Gasteiger partial charge in [0.2, 0.25) is 0 Å². The number of guanidine groups is 1. The summed E-state index contributed by atoms with van der Waals surface area (Å²) in [4.78, 5) is 17.3. The van der Waals surface area contributed by atoms with Crippen molar-refractivity contribution in [1.82, 2.24) is 0 Å². The van der Waals surface area contributed by atoms with E-state index in [1.54, 1.807) is 24.3 Å². The number of carbonyl (C=O) groups is 1. The molecule has 3 rings (SSSR count). The molecule has 1 atom stereocenters. The number of hydrogen-bond acceptors (Lipinski definition) is 6. The second-order valence-corrected chi connectivity index (χ2v) is 10.6. The predicted octanol–water partition coefficient (Wildman–Crippen LogP) is 5.75. The second kappa shape index (κ2) is 14.5. The Morgan fingerprint density at radius 1 is 1.08 bits per heavy atom. The van der Waals surface area contributed by atoms with E-state index in [4.69, 9.17) is 15.2 Å². The molecule has 2 aromatic rings. The van der Waals surface area contributed by atoms with Crippen LogP contribution in [0.25, 0.3) is 0 Å². The van der Waals surface area contributed by atoms with E-state index in [-0.39, 0.29) is 41.1 Å². The number of phenolic OH excluding ortho intramolecular Hbond substituents is 2. The molecule has 39 heavy (non-hydrogen) atoms. The fourth-order valence-corrected chi connectivity index (χ4v) is 4.87. The lowest BCUT2D eigenvalue weighted by atomic mass is 9.88. The molecule has 1 saturated carbocycles. The van der Waals surface area contributed by atoms with E-state index < -0.39 is 0 Å². The average Bonchev–Trinajstić information content (AvgIpc) is 2.92. The molecule has 2 aromatic carbocycles. The first-order valence-corrected chi connectivity index (χ1v) is 13.8. The highest BCUT2D eigenvalue weighted by Gasteiger charge is 2.18. The third kappa shape index (κ3) is 8.94. The van der Waals surface area contributed by atoms with Gasteiger partial charge < -0.3 is 30.7 Å². The number of aryl methyl sites for hydroxylation is 1. The summed E-state index contributed by atoms with van der Waals surface area (Å²) in [6.45, 7) is 4.24. The molecule has 8 nitrogen and oxygen atoms in total. The van der Waals surface area contributed by atoms with Crippen LogP contribution < -0.4 is 20.5 Å². The van der Waals surface area contributed by atoms with Gasteiger partial charge in [-0.2, -0.15) is 0 Å². The molecule has 0 amide bonds. The minimum absolute atomic E-state index is 0.0132. The topological polar surface area (TPSA) is 126 Å². The van der Waals surface area contributed by atoms with Gasteiger partial charge >= 0.3 is 0 Å². The highest BCUT2D eigenvalue weighted by molar-refractivity contribution is 5.94. The van der Waals surface area contributed by atoms with Crippen molar-refractivity contribution in [3.05, 3.63) is 53.6 Å². The molecule has 8 heteroatoms. The number of rotatable bonds is 12. The largest absolute Gasteiger partial charge is 0.504 e. The van der Waals surface area contributed by atoms with E-state index >= 15 is 0 Å². The number of ether oxygens (including phenoxy) is 2. The number of aromatic hydroxyl groups is 2. The Bertz CT molecular complexity index is 1170. The Morgan fingerprint density at radius 3 is 2.44 bits per heavy atom. The molecule has 1 aliphatic rings. The minimum Gasteiger partial charge on any atom is -0.504 e. The normalized spacial score (nSPS) is 15.5. The molecule has 212 valence electrons. The number of allylic oxidation sites excluding steroid dienone is 2. The number of nitrogens with one attached hydrogen (secondary N) is 1. The third-order valence-corrected chi connectivity index (χ3v) is 7.27. The van der Waals surface area contributed by atoms with Gasteiger partial charge in [-0.25, -0.2) is 4.99 Å². The predicted molar refractivity (Wildman–Crippen MR) is 156 cm³/mol. The molecule has 0 aliphatic heterocycles. The van der Waals surface area contributed by atoms with Crippen LogP contribution in [0.5, 0.6) is 23.0 Å². The molecular formula is C31H43N3O5. The fraction of sp³-hybridized carbons (Fsp3) is 0.484. The average molecular weight is 538 g/mol. The first-order chi connectivity index (χ1) is 18.7. The SMILES string of the molecule is COc1cc(CCC(=O)C=C[C@H](Cc2cc(NC(N)=NC3CCCCC3)c(O)c(OC)c2)C(C)C)ccc1O. The zero-order valence-corrected chi connectivity index (χ0v) is 23.6. The van der Waals surface area contributed by atoms with Crippen molar-refractivity contribution in [1.29, 1.82) is 0 Å². The van der Waals surface area contributed by atoms with Gasteiger partial charge in [0.05, 0.1) is 25.9 Å². The standard InChI is InChI=1S/C31H43N3O5/c1-20(2)23(12-14-25(35)13-10-21-11-15-27(36)28(18-21)38-3)16-22-17-26(30(37)29(19-22)39-4)34-31(32)33-24-8-6-5-7-9-24/h11-12,14-15,17-20,23-24,36-37H,5-10,13,16H2,1-4H3,(H3,32,33,34)/t23-/m1/s1. The lowest BCUT2D eigenvalue weighted by Gasteiger charge is -2.20. The summed E-state index contributed by atoms with van der Waals surface area (Å²) in [5, 5.41) is 23.5. The van der Waals surface area contributed by atoms with Gasteiger partial charge in [0.25, 0.3) is 0 Å². The summed E-state index contributed by atoms with van der Waals surface area (Å²) >= 11 is 0. The van der Waals surface area contributed by atoms with Crippen LogP contribution in [0, 0.1) is 11.8 Å². The number of nitrogens with two attached hydrogens (primary N) is 1. The first-order valence-electron chi connectivity index (χ1n) is 13.8. The van der Waals surface area contributed by atoms with Crippen LogP contribution in [-0.2, 0) is 17.6 Å². The molecule has 0 radical (unpaired) electrons. The number of methoxy groups -OCH3 is 2. The Hall–Kier alpha value is -3.68. The van der Waals surface area contributed by atoms with E-state index in [0.29, 0.717) is 36.4 Å². The van der Waals surface area contributed by atoms with E-state index in [1.807, 2.05) is 18.2 Å². The highest BCUT2D eigenvalue weighted by atomic mass is 16.5. The number of hydrogen-bond donors (Lipinski definition) is 4. The number of benzene rings is 2. The van der Waals surface area contributed by atoms with Crippen LogP contribution in [0.3, 0.4) is 0 Å². The van der Waals surface area contributed by atoms with Crippen LogP contribution in [0.15, 0.2) is 47.5 Å². The quantitative estimate of drug-likeness (QED) is 0.118. The van der Waals surface area contributed by atoms with Crippen molar-refractivity contribution in [3.63, 3.8) is 0 Å². The molecule has 0 saturated heterocycles. The number of anilines is 1. The number of phenols is 2. The van der Waals surface area contributed by atoms with E-state index in [0.717, 1.165) is 36.8 Å². The molecule has 0 bridgehead atoms. The van der Waals surface area contributed by atoms with Crippen LogP contribution in [0.2, 0.25) is 0 Å². The Labute approximate surface area is 231 Å².